The number of anilines is 4. The summed E-state index contributed by atoms with van der Waals surface area (Å²) in [5, 5.41) is 13.3. The molecule has 1 saturated heterocycles. The number of carbonyl (C=O) groups excluding carboxylic acids is 2. The molecule has 0 saturated carbocycles. The molecule has 3 amide bonds. The molecule has 0 bridgehead atoms. The Morgan fingerprint density at radius 3 is 2.50 bits per heavy atom. The van der Waals surface area contributed by atoms with Crippen molar-refractivity contribution >= 4 is 35.2 Å². The molecule has 2 unspecified atom stereocenters. The Bertz CT molecular complexity index is 1410. The first kappa shape index (κ1) is 26.8. The van der Waals surface area contributed by atoms with Crippen molar-refractivity contribution in [1.29, 1.82) is 0 Å². The van der Waals surface area contributed by atoms with E-state index in [0.29, 0.717) is 36.4 Å². The smallest absolute Gasteiger partial charge is 0.330 e. The van der Waals surface area contributed by atoms with E-state index in [1.807, 2.05) is 26.0 Å². The zero-order valence-corrected chi connectivity index (χ0v) is 23.2. The summed E-state index contributed by atoms with van der Waals surface area (Å²) in [5.41, 5.74) is 3.18. The molecule has 0 aliphatic carbocycles. The molecule has 2 aliphatic heterocycles. The topological polar surface area (TPSA) is 141 Å². The number of hydrogen-bond donors (Lipinski definition) is 3. The largest absolute Gasteiger partial charge is 0.496 e. The normalized spacial score (nSPS) is 18.4. The van der Waals surface area contributed by atoms with Gasteiger partial charge >= 0.3 is 6.03 Å². The van der Waals surface area contributed by atoms with Crippen molar-refractivity contribution < 1.29 is 19.1 Å². The predicted molar refractivity (Wildman–Crippen MR) is 151 cm³/mol. The minimum absolute atomic E-state index is 0.208. The highest BCUT2D eigenvalue weighted by Gasteiger charge is 2.37. The molecule has 2 atom stereocenters. The van der Waals surface area contributed by atoms with E-state index in [9.17, 15) is 9.59 Å². The van der Waals surface area contributed by atoms with Crippen molar-refractivity contribution in [3.05, 3.63) is 53.9 Å². The van der Waals surface area contributed by atoms with Gasteiger partial charge in [0.05, 0.1) is 44.7 Å². The van der Waals surface area contributed by atoms with Gasteiger partial charge in [0.15, 0.2) is 0 Å². The van der Waals surface area contributed by atoms with Gasteiger partial charge in [0.1, 0.15) is 23.1 Å². The van der Waals surface area contributed by atoms with Gasteiger partial charge in [-0.2, -0.15) is 10.1 Å². The Labute approximate surface area is 232 Å². The van der Waals surface area contributed by atoms with E-state index >= 15 is 0 Å². The number of aromatic amines is 1. The van der Waals surface area contributed by atoms with Crippen molar-refractivity contribution in [3.63, 3.8) is 0 Å². The Hall–Kier alpha value is -4.81. The standard InChI is InChI=1S/C27H33N9O4/c1-7-23(37)30-18-13-35(22-8-9-29-33-22)14-19(18)31-26-28-11-17-12-36(27(38)34(4)25(17)32-26)24-15(2)20(39-5)10-21(40-6)16(24)3/h7-11,18-19H,1,12-14H2,2-6H3,(H,29,33)(H,30,37)(H,28,31,32). The third kappa shape index (κ3) is 4.74. The number of rotatable bonds is 8. The lowest BCUT2D eigenvalue weighted by molar-refractivity contribution is -0.117. The Morgan fingerprint density at radius 1 is 1.18 bits per heavy atom. The van der Waals surface area contributed by atoms with Crippen LogP contribution in [0.1, 0.15) is 16.7 Å². The molecule has 0 spiro atoms. The zero-order valence-electron chi connectivity index (χ0n) is 23.2. The molecule has 13 nitrogen and oxygen atoms in total. The zero-order chi connectivity index (χ0) is 28.6. The van der Waals surface area contributed by atoms with E-state index in [-0.39, 0.29) is 30.6 Å². The maximum absolute atomic E-state index is 13.6. The number of nitrogens with one attached hydrogen (secondary N) is 3. The number of nitrogens with zero attached hydrogens (tertiary/aromatic N) is 6. The van der Waals surface area contributed by atoms with Crippen LogP contribution in [0.3, 0.4) is 0 Å². The van der Waals surface area contributed by atoms with Gasteiger partial charge in [-0.05, 0) is 19.9 Å². The van der Waals surface area contributed by atoms with Crippen molar-refractivity contribution in [2.45, 2.75) is 32.5 Å². The molecule has 5 rings (SSSR count). The average Bonchev–Trinajstić information content (AvgIpc) is 3.62. The maximum atomic E-state index is 13.6. The van der Waals surface area contributed by atoms with Crippen molar-refractivity contribution in [1.82, 2.24) is 25.5 Å². The van der Waals surface area contributed by atoms with Crippen molar-refractivity contribution in [3.8, 4) is 11.5 Å². The Morgan fingerprint density at radius 2 is 1.88 bits per heavy atom. The van der Waals surface area contributed by atoms with Crippen LogP contribution in [0.25, 0.3) is 0 Å². The molecule has 1 aromatic carbocycles. The molecule has 3 aromatic rings. The van der Waals surface area contributed by atoms with Gasteiger partial charge in [-0.25, -0.2) is 9.78 Å². The fourth-order valence-electron chi connectivity index (χ4n) is 5.36. The molecule has 0 radical (unpaired) electrons. The first-order chi connectivity index (χ1) is 19.2. The molecular weight excluding hydrogens is 514 g/mol. The number of urea groups is 1. The third-order valence-corrected chi connectivity index (χ3v) is 7.40. The van der Waals surface area contributed by atoms with E-state index in [4.69, 9.17) is 14.5 Å². The molecule has 2 aliphatic rings. The minimum atomic E-state index is -0.264. The van der Waals surface area contributed by atoms with Crippen molar-refractivity contribution in [2.24, 2.45) is 0 Å². The van der Waals surface area contributed by atoms with Crippen LogP contribution in [-0.4, -0.2) is 78.5 Å². The van der Waals surface area contributed by atoms with Crippen LogP contribution in [-0.2, 0) is 11.3 Å². The lowest BCUT2D eigenvalue weighted by Crippen LogP contribution is -2.47. The monoisotopic (exact) mass is 547 g/mol. The van der Waals surface area contributed by atoms with Gasteiger partial charge in [-0.15, -0.1) is 0 Å². The molecule has 210 valence electrons. The summed E-state index contributed by atoms with van der Waals surface area (Å²) in [5.74, 6) is 2.72. The van der Waals surface area contributed by atoms with Crippen LogP contribution in [0.15, 0.2) is 37.2 Å². The fraction of sp³-hybridized carbons (Fsp3) is 0.370. The highest BCUT2D eigenvalue weighted by Crippen LogP contribution is 2.41. The SMILES string of the molecule is C=CC(=O)NC1CN(c2ccn[nH]2)CC1Nc1ncc2c(n1)N(C)C(=O)N(c1c(C)c(OC)cc(OC)c1C)C2. The summed E-state index contributed by atoms with van der Waals surface area (Å²) >= 11 is 0. The van der Waals surface area contributed by atoms with E-state index in [2.05, 4.69) is 37.3 Å². The maximum Gasteiger partial charge on any atom is 0.330 e. The first-order valence-electron chi connectivity index (χ1n) is 12.8. The van der Waals surface area contributed by atoms with Crippen LogP contribution in [0, 0.1) is 13.8 Å². The molecule has 2 aromatic heterocycles. The number of fused-ring (bicyclic) bond motifs is 1. The van der Waals surface area contributed by atoms with Gasteiger partial charge in [0, 0.05) is 55.2 Å². The molecule has 1 fully saturated rings. The van der Waals surface area contributed by atoms with E-state index < -0.39 is 0 Å². The third-order valence-electron chi connectivity index (χ3n) is 7.40. The van der Waals surface area contributed by atoms with Gasteiger partial charge in [-0.1, -0.05) is 6.58 Å². The second-order valence-electron chi connectivity index (χ2n) is 9.77. The summed E-state index contributed by atoms with van der Waals surface area (Å²) in [7, 11) is 4.87. The van der Waals surface area contributed by atoms with Crippen LogP contribution in [0.2, 0.25) is 0 Å². The van der Waals surface area contributed by atoms with Crippen LogP contribution >= 0.6 is 0 Å². The summed E-state index contributed by atoms with van der Waals surface area (Å²) in [6.07, 6.45) is 4.65. The molecule has 3 N–H and O–H groups in total. The van der Waals surface area contributed by atoms with Gasteiger partial charge < -0.3 is 25.0 Å². The number of benzene rings is 1. The number of aromatic nitrogens is 4. The minimum Gasteiger partial charge on any atom is -0.496 e. The number of amides is 3. The molecule has 4 heterocycles. The lowest BCUT2D eigenvalue weighted by atomic mass is 10.0. The van der Waals surface area contributed by atoms with Crippen LogP contribution in [0.5, 0.6) is 11.5 Å². The number of methoxy groups -OCH3 is 2. The summed E-state index contributed by atoms with van der Waals surface area (Å²) in [6.45, 7) is 8.81. The number of hydrogen-bond acceptors (Lipinski definition) is 9. The lowest BCUT2D eigenvalue weighted by Gasteiger charge is -2.36. The summed E-state index contributed by atoms with van der Waals surface area (Å²) in [6, 6.07) is 3.01. The summed E-state index contributed by atoms with van der Waals surface area (Å²) < 4.78 is 11.1. The second kappa shape index (κ2) is 10.8. The molecule has 13 heteroatoms. The van der Waals surface area contributed by atoms with Gasteiger partial charge in [-0.3, -0.25) is 19.7 Å². The Balaban J connectivity index is 1.42. The van der Waals surface area contributed by atoms with Gasteiger partial charge in [0.2, 0.25) is 11.9 Å². The average molecular weight is 548 g/mol. The van der Waals surface area contributed by atoms with E-state index in [1.54, 1.807) is 38.6 Å². The van der Waals surface area contributed by atoms with Crippen LogP contribution in [0.4, 0.5) is 28.1 Å². The number of ether oxygens (including phenoxy) is 2. The second-order valence-corrected chi connectivity index (χ2v) is 9.77. The first-order valence-corrected chi connectivity index (χ1v) is 12.8. The number of H-pyrrole nitrogens is 1. The van der Waals surface area contributed by atoms with Gasteiger partial charge in [0.25, 0.3) is 0 Å². The van der Waals surface area contributed by atoms with Crippen LogP contribution < -0.4 is 34.8 Å². The Kier molecular flexibility index (Phi) is 7.20. The predicted octanol–water partition coefficient (Wildman–Crippen LogP) is 2.38. The highest BCUT2D eigenvalue weighted by molar-refractivity contribution is 6.06. The van der Waals surface area contributed by atoms with Crippen molar-refractivity contribution in [2.75, 3.05) is 54.4 Å². The molecule has 40 heavy (non-hydrogen) atoms. The van der Waals surface area contributed by atoms with E-state index in [1.165, 1.54) is 11.0 Å². The van der Waals surface area contributed by atoms with E-state index in [0.717, 1.165) is 28.2 Å². The number of carbonyl (C=O) groups is 2. The highest BCUT2D eigenvalue weighted by atomic mass is 16.5. The quantitative estimate of drug-likeness (QED) is 0.363. The fourth-order valence-corrected chi connectivity index (χ4v) is 5.36. The summed E-state index contributed by atoms with van der Waals surface area (Å²) in [4.78, 5) is 40.3. The molecular formula is C27H33N9O4.